The number of hydrogen-bond donors (Lipinski definition) is 4. The van der Waals surface area contributed by atoms with E-state index in [1.807, 2.05) is 25.1 Å². The van der Waals surface area contributed by atoms with Gasteiger partial charge < -0.3 is 30.7 Å². The maximum atomic E-state index is 13.5. The van der Waals surface area contributed by atoms with Crippen molar-refractivity contribution in [1.29, 1.82) is 0 Å². The minimum atomic E-state index is -4.51. The van der Waals surface area contributed by atoms with Crippen LogP contribution in [-0.2, 0) is 22.3 Å². The van der Waals surface area contributed by atoms with E-state index in [2.05, 4.69) is 16.0 Å². The van der Waals surface area contributed by atoms with E-state index in [4.69, 9.17) is 4.74 Å². The molecule has 2 aliphatic heterocycles. The van der Waals surface area contributed by atoms with Crippen LogP contribution < -0.4 is 16.0 Å². The fraction of sp³-hybridized carbons (Fsp3) is 0.462. The summed E-state index contributed by atoms with van der Waals surface area (Å²) in [6.07, 6.45) is -3.78. The van der Waals surface area contributed by atoms with Crippen LogP contribution in [0.25, 0.3) is 0 Å². The highest BCUT2D eigenvalue weighted by molar-refractivity contribution is 5.84. The number of amides is 3. The third kappa shape index (κ3) is 6.34. The van der Waals surface area contributed by atoms with Gasteiger partial charge in [-0.1, -0.05) is 31.2 Å². The van der Waals surface area contributed by atoms with Crippen molar-refractivity contribution in [3.8, 4) is 0 Å². The molecule has 4 N–H and O–H groups in total. The number of ether oxygens (including phenoxy) is 1. The number of carbonyl (C=O) groups excluding carboxylic acids is 2. The van der Waals surface area contributed by atoms with E-state index in [0.717, 1.165) is 22.9 Å². The molecule has 2 aromatic rings. The molecule has 2 heterocycles. The van der Waals surface area contributed by atoms with E-state index in [-0.39, 0.29) is 31.4 Å². The van der Waals surface area contributed by atoms with Gasteiger partial charge in [0.1, 0.15) is 6.23 Å². The first-order valence-corrected chi connectivity index (χ1v) is 12.3. The maximum absolute atomic E-state index is 13.5. The summed E-state index contributed by atoms with van der Waals surface area (Å²) in [6, 6.07) is 9.58. The number of alkyl halides is 3. The molecule has 200 valence electrons. The zero-order valence-electron chi connectivity index (χ0n) is 20.5. The molecule has 3 atom stereocenters. The molecular formula is C26H31F3N4O4. The highest BCUT2D eigenvalue weighted by Crippen LogP contribution is 2.40. The molecule has 1 saturated heterocycles. The van der Waals surface area contributed by atoms with E-state index in [1.165, 1.54) is 23.1 Å². The monoisotopic (exact) mass is 520 g/mol. The topological polar surface area (TPSA) is 103 Å². The van der Waals surface area contributed by atoms with Gasteiger partial charge in [-0.15, -0.1) is 0 Å². The van der Waals surface area contributed by atoms with Crippen LogP contribution >= 0.6 is 0 Å². The largest absolute Gasteiger partial charge is 0.416 e. The standard InChI is InChI=1S/C26H31F3N4O4/c1-2-22-18-12-16(9-10-20(18)32-23(34)15-37-22)13-30-25(36)31-14-24(35)33-11-5-8-21(33)17-6-3-4-7-19(17)26(27,28)29/h3-4,6-7,9-10,12,21-23,32,34H,2,5,8,11,13-15H2,1H3,(H2,30,31,36)/t21?,22-,23+/m0/s1. The summed E-state index contributed by atoms with van der Waals surface area (Å²) in [5.41, 5.74) is 1.79. The average Bonchev–Trinajstić information content (AvgIpc) is 3.30. The van der Waals surface area contributed by atoms with Gasteiger partial charge in [-0.05, 0) is 48.6 Å². The summed E-state index contributed by atoms with van der Waals surface area (Å²) in [5, 5.41) is 18.1. The number of aliphatic hydroxyl groups is 1. The SMILES string of the molecule is CC[C@@H]1OC[C@@H](O)Nc2ccc(CNC(=O)NCC(=O)N3CCCC3c3ccccc3C(F)(F)F)cc21. The van der Waals surface area contributed by atoms with Gasteiger partial charge in [0.15, 0.2) is 0 Å². The van der Waals surface area contributed by atoms with Gasteiger partial charge in [0, 0.05) is 24.3 Å². The van der Waals surface area contributed by atoms with Gasteiger partial charge in [0.2, 0.25) is 5.91 Å². The highest BCUT2D eigenvalue weighted by atomic mass is 19.4. The van der Waals surface area contributed by atoms with Crippen molar-refractivity contribution in [2.75, 3.05) is 25.0 Å². The lowest BCUT2D eigenvalue weighted by molar-refractivity contribution is -0.140. The van der Waals surface area contributed by atoms with Gasteiger partial charge in [0.25, 0.3) is 0 Å². The molecule has 1 unspecified atom stereocenters. The number of hydrogen-bond acceptors (Lipinski definition) is 5. The van der Waals surface area contributed by atoms with Crippen molar-refractivity contribution in [1.82, 2.24) is 15.5 Å². The molecule has 0 spiro atoms. The second-order valence-corrected chi connectivity index (χ2v) is 9.18. The van der Waals surface area contributed by atoms with Gasteiger partial charge in [-0.2, -0.15) is 13.2 Å². The summed E-state index contributed by atoms with van der Waals surface area (Å²) in [4.78, 5) is 26.6. The number of fused-ring (bicyclic) bond motifs is 1. The van der Waals surface area contributed by atoms with Gasteiger partial charge >= 0.3 is 12.2 Å². The summed E-state index contributed by atoms with van der Waals surface area (Å²) in [7, 11) is 0. The van der Waals surface area contributed by atoms with Crippen molar-refractivity contribution < 1.29 is 32.6 Å². The van der Waals surface area contributed by atoms with Crippen molar-refractivity contribution in [3.05, 3.63) is 64.7 Å². The fourth-order valence-corrected chi connectivity index (χ4v) is 4.91. The molecule has 8 nitrogen and oxygen atoms in total. The van der Waals surface area contributed by atoms with Crippen molar-refractivity contribution >= 4 is 17.6 Å². The Hall–Kier alpha value is -3.31. The number of nitrogens with one attached hydrogen (secondary N) is 3. The lowest BCUT2D eigenvalue weighted by atomic mass is 9.98. The van der Waals surface area contributed by atoms with E-state index in [1.54, 1.807) is 0 Å². The molecule has 0 bridgehead atoms. The van der Waals surface area contributed by atoms with Crippen LogP contribution in [0.3, 0.4) is 0 Å². The zero-order valence-corrected chi connectivity index (χ0v) is 20.5. The zero-order chi connectivity index (χ0) is 26.6. The van der Waals surface area contributed by atoms with Crippen LogP contribution in [0.15, 0.2) is 42.5 Å². The first kappa shape index (κ1) is 26.7. The lowest BCUT2D eigenvalue weighted by Gasteiger charge is -2.27. The molecule has 11 heteroatoms. The summed E-state index contributed by atoms with van der Waals surface area (Å²) < 4.78 is 46.2. The minimum Gasteiger partial charge on any atom is -0.371 e. The molecule has 1 fully saturated rings. The van der Waals surface area contributed by atoms with Gasteiger partial charge in [-0.3, -0.25) is 4.79 Å². The molecule has 37 heavy (non-hydrogen) atoms. The number of benzene rings is 2. The number of anilines is 1. The Kier molecular flexibility index (Phi) is 8.23. The van der Waals surface area contributed by atoms with Gasteiger partial charge in [-0.25, -0.2) is 4.79 Å². The Bertz CT molecular complexity index is 1130. The smallest absolute Gasteiger partial charge is 0.371 e. The molecular weight excluding hydrogens is 489 g/mol. The van der Waals surface area contributed by atoms with Crippen molar-refractivity contribution in [2.45, 2.75) is 57.3 Å². The van der Waals surface area contributed by atoms with E-state index >= 15 is 0 Å². The van der Waals surface area contributed by atoms with Crippen LogP contribution in [0, 0.1) is 0 Å². The number of likely N-dealkylation sites (tertiary alicyclic amines) is 1. The van der Waals surface area contributed by atoms with Crippen molar-refractivity contribution in [3.63, 3.8) is 0 Å². The first-order valence-electron chi connectivity index (χ1n) is 12.3. The molecule has 2 aromatic carbocycles. The molecule has 0 radical (unpaired) electrons. The molecule has 4 rings (SSSR count). The Morgan fingerprint density at radius 3 is 2.70 bits per heavy atom. The number of nitrogens with zero attached hydrogens (tertiary/aromatic N) is 1. The molecule has 3 amide bonds. The predicted molar refractivity (Wildman–Crippen MR) is 130 cm³/mol. The Morgan fingerprint density at radius 1 is 1.16 bits per heavy atom. The molecule has 2 aliphatic rings. The predicted octanol–water partition coefficient (Wildman–Crippen LogP) is 4.08. The van der Waals surface area contributed by atoms with E-state index in [0.29, 0.717) is 25.8 Å². The Balaban J connectivity index is 1.33. The first-order chi connectivity index (χ1) is 17.7. The fourth-order valence-electron chi connectivity index (χ4n) is 4.91. The van der Waals surface area contributed by atoms with Crippen LogP contribution in [-0.4, -0.2) is 47.9 Å². The van der Waals surface area contributed by atoms with Crippen molar-refractivity contribution in [2.24, 2.45) is 0 Å². The molecule has 0 aromatic heterocycles. The number of rotatable bonds is 6. The van der Waals surface area contributed by atoms with Crippen LogP contribution in [0.1, 0.15) is 60.6 Å². The van der Waals surface area contributed by atoms with Gasteiger partial charge in [0.05, 0.1) is 30.9 Å². The highest BCUT2D eigenvalue weighted by Gasteiger charge is 2.38. The second kappa shape index (κ2) is 11.4. The third-order valence-electron chi connectivity index (χ3n) is 6.66. The second-order valence-electron chi connectivity index (χ2n) is 9.18. The number of urea groups is 1. The Labute approximate surface area is 213 Å². The summed E-state index contributed by atoms with van der Waals surface area (Å²) >= 11 is 0. The van der Waals surface area contributed by atoms with Crippen LogP contribution in [0.4, 0.5) is 23.7 Å². The summed E-state index contributed by atoms with van der Waals surface area (Å²) in [6.45, 7) is 2.34. The van der Waals surface area contributed by atoms with Crippen LogP contribution in [0.2, 0.25) is 0 Å². The average molecular weight is 521 g/mol. The summed E-state index contributed by atoms with van der Waals surface area (Å²) in [5.74, 6) is -0.438. The third-order valence-corrected chi connectivity index (χ3v) is 6.66. The number of carbonyl (C=O) groups is 2. The number of aliphatic hydroxyl groups excluding tert-OH is 1. The normalized spacial score (nSPS) is 21.5. The maximum Gasteiger partial charge on any atom is 0.416 e. The Morgan fingerprint density at radius 2 is 1.95 bits per heavy atom. The number of halogens is 3. The quantitative estimate of drug-likeness (QED) is 0.460. The van der Waals surface area contributed by atoms with E-state index < -0.39 is 35.9 Å². The lowest BCUT2D eigenvalue weighted by Crippen LogP contribution is -2.43. The minimum absolute atomic E-state index is 0.0740. The van der Waals surface area contributed by atoms with E-state index in [9.17, 15) is 27.9 Å². The molecule has 0 aliphatic carbocycles. The van der Waals surface area contributed by atoms with Crippen LogP contribution in [0.5, 0.6) is 0 Å². The molecule has 0 saturated carbocycles.